The number of carbonyl (C=O) groups excluding carboxylic acids is 1. The third-order valence-electron chi connectivity index (χ3n) is 4.99. The highest BCUT2D eigenvalue weighted by Crippen LogP contribution is 2.36. The molecule has 0 bridgehead atoms. The molecule has 1 aromatic carbocycles. The molecule has 2 aromatic rings. The minimum absolute atomic E-state index is 0.324. The lowest BCUT2D eigenvalue weighted by Gasteiger charge is -2.15. The fourth-order valence-corrected chi connectivity index (χ4v) is 3.71. The highest BCUT2D eigenvalue weighted by atomic mass is 19.4. The van der Waals surface area contributed by atoms with Crippen molar-refractivity contribution in [3.05, 3.63) is 41.2 Å². The topological polar surface area (TPSA) is 60.5 Å². The number of nitrogens with two attached hydrogens (primary N) is 1. The van der Waals surface area contributed by atoms with Crippen molar-refractivity contribution in [2.45, 2.75) is 52.4 Å². The summed E-state index contributed by atoms with van der Waals surface area (Å²) >= 11 is 0. The molecule has 1 heterocycles. The number of aromatic nitrogens is 1. The Morgan fingerprint density at radius 2 is 1.93 bits per heavy atom. The van der Waals surface area contributed by atoms with Crippen molar-refractivity contribution in [1.29, 1.82) is 0 Å². The average Bonchev–Trinajstić information content (AvgIpc) is 2.90. The summed E-state index contributed by atoms with van der Waals surface area (Å²) in [4.78, 5) is 14.4. The van der Waals surface area contributed by atoms with Gasteiger partial charge in [0.05, 0.1) is 5.56 Å². The van der Waals surface area contributed by atoms with E-state index < -0.39 is 12.3 Å². The molecule has 0 aliphatic heterocycles. The first-order valence-corrected chi connectivity index (χ1v) is 10.1. The maximum atomic E-state index is 12.7. The monoisotopic (exact) mass is 425 g/mol. The molecule has 2 rings (SSSR count). The van der Waals surface area contributed by atoms with Crippen LogP contribution in [0.4, 0.5) is 13.2 Å². The van der Waals surface area contributed by atoms with E-state index in [0.29, 0.717) is 29.7 Å². The fourth-order valence-electron chi connectivity index (χ4n) is 3.71. The van der Waals surface area contributed by atoms with Crippen molar-refractivity contribution in [3.8, 4) is 16.9 Å². The van der Waals surface area contributed by atoms with Crippen LogP contribution in [-0.2, 0) is 13.0 Å². The van der Waals surface area contributed by atoms with Gasteiger partial charge >= 0.3 is 6.36 Å². The van der Waals surface area contributed by atoms with Crippen LogP contribution in [0.25, 0.3) is 11.1 Å². The predicted molar refractivity (Wildman–Crippen MR) is 112 cm³/mol. The molecular formula is C22H30F3N3O2. The minimum atomic E-state index is -4.79. The zero-order chi connectivity index (χ0) is 22.5. The van der Waals surface area contributed by atoms with E-state index >= 15 is 0 Å². The third kappa shape index (κ3) is 6.01. The quantitative estimate of drug-likeness (QED) is 0.597. The summed E-state index contributed by atoms with van der Waals surface area (Å²) in [5.74, 6) is -0.913. The lowest BCUT2D eigenvalue weighted by atomic mass is 9.97. The van der Waals surface area contributed by atoms with Gasteiger partial charge in [-0.2, -0.15) is 0 Å². The molecule has 0 saturated carbocycles. The second-order valence-corrected chi connectivity index (χ2v) is 7.63. The molecule has 30 heavy (non-hydrogen) atoms. The van der Waals surface area contributed by atoms with Crippen molar-refractivity contribution < 1.29 is 22.7 Å². The second kappa shape index (κ2) is 10.0. The Morgan fingerprint density at radius 1 is 1.23 bits per heavy atom. The number of carbonyl (C=O) groups is 1. The zero-order valence-corrected chi connectivity index (χ0v) is 18.0. The second-order valence-electron chi connectivity index (χ2n) is 7.63. The van der Waals surface area contributed by atoms with Crippen LogP contribution in [0.2, 0.25) is 0 Å². The predicted octanol–water partition coefficient (Wildman–Crippen LogP) is 4.76. The van der Waals surface area contributed by atoms with Gasteiger partial charge in [0, 0.05) is 23.5 Å². The van der Waals surface area contributed by atoms with Gasteiger partial charge in [-0.05, 0) is 64.5 Å². The number of primary amides is 1. The summed E-state index contributed by atoms with van der Waals surface area (Å²) < 4.78 is 44.3. The van der Waals surface area contributed by atoms with Crippen LogP contribution in [0.15, 0.2) is 24.3 Å². The van der Waals surface area contributed by atoms with Crippen LogP contribution in [0.1, 0.15) is 47.9 Å². The molecule has 0 fully saturated rings. The summed E-state index contributed by atoms with van der Waals surface area (Å²) in [5.41, 5.74) is 8.82. The number of benzene rings is 1. The van der Waals surface area contributed by atoms with Gasteiger partial charge in [0.25, 0.3) is 5.91 Å². The summed E-state index contributed by atoms with van der Waals surface area (Å²) in [6.45, 7) is 5.48. The summed E-state index contributed by atoms with van der Waals surface area (Å²) in [6.07, 6.45) is -1.38. The average molecular weight is 425 g/mol. The lowest BCUT2D eigenvalue weighted by Crippen LogP contribution is -2.17. The Balaban J connectivity index is 2.61. The number of alkyl halides is 3. The molecule has 8 heteroatoms. The maximum Gasteiger partial charge on any atom is 0.573 e. The van der Waals surface area contributed by atoms with Crippen molar-refractivity contribution in [2.24, 2.45) is 5.73 Å². The molecule has 5 nitrogen and oxygen atoms in total. The van der Waals surface area contributed by atoms with Crippen molar-refractivity contribution in [1.82, 2.24) is 9.47 Å². The number of unbranched alkanes of at least 4 members (excludes halogenated alkanes) is 1. The third-order valence-corrected chi connectivity index (χ3v) is 4.99. The van der Waals surface area contributed by atoms with E-state index in [1.165, 1.54) is 18.2 Å². The van der Waals surface area contributed by atoms with Gasteiger partial charge in [-0.1, -0.05) is 25.5 Å². The van der Waals surface area contributed by atoms with Crippen LogP contribution in [-0.4, -0.2) is 42.4 Å². The van der Waals surface area contributed by atoms with Gasteiger partial charge in [0.2, 0.25) is 0 Å². The standard InChI is InChI=1S/C22H30F3N3O2/c1-5-6-11-18-20(16-9-7-10-17(14-16)30-22(23,24)25)19(21(26)29)15(2)28(18)13-8-12-27(3)4/h7,9-10,14H,5-6,8,11-13H2,1-4H3,(H2,26,29). The summed E-state index contributed by atoms with van der Waals surface area (Å²) in [6, 6.07) is 5.73. The van der Waals surface area contributed by atoms with Crippen LogP contribution in [0.3, 0.4) is 0 Å². The van der Waals surface area contributed by atoms with E-state index in [4.69, 9.17) is 5.73 Å². The first kappa shape index (κ1) is 23.8. The molecule has 0 spiro atoms. The molecule has 1 amide bonds. The van der Waals surface area contributed by atoms with E-state index in [9.17, 15) is 18.0 Å². The van der Waals surface area contributed by atoms with Gasteiger partial charge < -0.3 is 19.9 Å². The highest BCUT2D eigenvalue weighted by Gasteiger charge is 2.31. The Hall–Kier alpha value is -2.48. The van der Waals surface area contributed by atoms with E-state index in [2.05, 4.69) is 21.1 Å². The van der Waals surface area contributed by atoms with Crippen molar-refractivity contribution in [2.75, 3.05) is 20.6 Å². The van der Waals surface area contributed by atoms with Gasteiger partial charge in [0.15, 0.2) is 0 Å². The molecule has 0 radical (unpaired) electrons. The molecule has 0 aliphatic carbocycles. The van der Waals surface area contributed by atoms with Crippen LogP contribution >= 0.6 is 0 Å². The number of amides is 1. The Labute approximate surface area is 175 Å². The number of hydrogen-bond acceptors (Lipinski definition) is 3. The van der Waals surface area contributed by atoms with Crippen molar-refractivity contribution >= 4 is 5.91 Å². The van der Waals surface area contributed by atoms with Gasteiger partial charge in [-0.25, -0.2) is 0 Å². The summed E-state index contributed by atoms with van der Waals surface area (Å²) in [5, 5.41) is 0. The number of nitrogens with zero attached hydrogens (tertiary/aromatic N) is 2. The van der Waals surface area contributed by atoms with Gasteiger partial charge in [-0.15, -0.1) is 13.2 Å². The van der Waals surface area contributed by atoms with Crippen LogP contribution in [0, 0.1) is 6.92 Å². The maximum absolute atomic E-state index is 12.7. The zero-order valence-electron chi connectivity index (χ0n) is 18.0. The molecule has 166 valence electrons. The lowest BCUT2D eigenvalue weighted by molar-refractivity contribution is -0.274. The molecule has 0 saturated heterocycles. The van der Waals surface area contributed by atoms with Gasteiger partial charge in [-0.3, -0.25) is 4.79 Å². The molecule has 0 atom stereocenters. The molecular weight excluding hydrogens is 395 g/mol. The molecule has 2 N–H and O–H groups in total. The summed E-state index contributed by atoms with van der Waals surface area (Å²) in [7, 11) is 3.99. The van der Waals surface area contributed by atoms with E-state index in [1.807, 2.05) is 21.0 Å². The van der Waals surface area contributed by atoms with Gasteiger partial charge in [0.1, 0.15) is 5.75 Å². The fraction of sp³-hybridized carbons (Fsp3) is 0.500. The molecule has 0 unspecified atom stereocenters. The minimum Gasteiger partial charge on any atom is -0.406 e. The van der Waals surface area contributed by atoms with Crippen LogP contribution in [0.5, 0.6) is 5.75 Å². The van der Waals surface area contributed by atoms with E-state index in [0.717, 1.165) is 37.2 Å². The Bertz CT molecular complexity index is 873. The first-order valence-electron chi connectivity index (χ1n) is 10.1. The SMILES string of the molecule is CCCCc1c(-c2cccc(OC(F)(F)F)c2)c(C(N)=O)c(C)n1CCCN(C)C. The first-order chi connectivity index (χ1) is 14.0. The van der Waals surface area contributed by atoms with Crippen LogP contribution < -0.4 is 10.5 Å². The molecule has 1 aromatic heterocycles. The Morgan fingerprint density at radius 3 is 2.50 bits per heavy atom. The largest absolute Gasteiger partial charge is 0.573 e. The highest BCUT2D eigenvalue weighted by molar-refractivity contribution is 6.02. The van der Waals surface area contributed by atoms with E-state index in [-0.39, 0.29) is 5.75 Å². The normalized spacial score (nSPS) is 11.9. The Kier molecular flexibility index (Phi) is 7.95. The number of hydrogen-bond donors (Lipinski definition) is 1. The molecule has 0 aliphatic rings. The number of ether oxygens (including phenoxy) is 1. The van der Waals surface area contributed by atoms with Crippen molar-refractivity contribution in [3.63, 3.8) is 0 Å². The van der Waals surface area contributed by atoms with E-state index in [1.54, 1.807) is 6.07 Å². The number of halogens is 3. The number of rotatable bonds is 10. The smallest absolute Gasteiger partial charge is 0.406 e.